The van der Waals surface area contributed by atoms with E-state index in [1.165, 1.54) is 6.92 Å². The van der Waals surface area contributed by atoms with Gasteiger partial charge in [-0.05, 0) is 26.5 Å². The minimum atomic E-state index is -0.690. The first kappa shape index (κ1) is 37.8. The number of nitrogens with two attached hydrogens (primary N) is 3. The predicted octanol–water partition coefficient (Wildman–Crippen LogP) is -2.11. The summed E-state index contributed by atoms with van der Waals surface area (Å²) in [6.07, 6.45) is 2.64. The van der Waals surface area contributed by atoms with Crippen LogP contribution in [0.15, 0.2) is 0 Å². The van der Waals surface area contributed by atoms with Crippen molar-refractivity contribution < 1.29 is 29.8 Å². The number of hydrogen-bond donors (Lipinski definition) is 5. The van der Waals surface area contributed by atoms with Gasteiger partial charge in [-0.25, -0.2) is 0 Å². The molecule has 0 aromatic heterocycles. The largest absolute Gasteiger partial charge is 0.412 e. The van der Waals surface area contributed by atoms with Crippen molar-refractivity contribution in [2.45, 2.75) is 45.8 Å². The van der Waals surface area contributed by atoms with Gasteiger partial charge in [0, 0.05) is 0 Å². The van der Waals surface area contributed by atoms with Gasteiger partial charge in [-0.1, -0.05) is 6.92 Å². The molecule has 9 nitrogen and oxygen atoms in total. The quantitative estimate of drug-likeness (QED) is 0.277. The van der Waals surface area contributed by atoms with Crippen LogP contribution in [0.3, 0.4) is 0 Å². The molecule has 0 aromatic carbocycles. The Labute approximate surface area is 143 Å². The molecule has 0 unspecified atom stereocenters. The van der Waals surface area contributed by atoms with Gasteiger partial charge in [-0.15, -0.1) is 0 Å². The van der Waals surface area contributed by atoms with Crippen LogP contribution in [0.2, 0.25) is 0 Å². The van der Waals surface area contributed by atoms with Crippen molar-refractivity contribution in [3.63, 3.8) is 0 Å². The molecule has 0 spiro atoms. The third-order valence-electron chi connectivity index (χ3n) is 0.815. The molecule has 3 atom stereocenters. The van der Waals surface area contributed by atoms with Gasteiger partial charge < -0.3 is 47.0 Å². The average Bonchev–Trinajstić information content (AvgIpc) is 2.49. The summed E-state index contributed by atoms with van der Waals surface area (Å²) in [5.41, 5.74) is 14.7. The lowest BCUT2D eigenvalue weighted by molar-refractivity contribution is -0.110. The van der Waals surface area contributed by atoms with Crippen LogP contribution in [0.4, 0.5) is 0 Å². The lowest BCUT2D eigenvalue weighted by Gasteiger charge is -1.90. The van der Waals surface area contributed by atoms with Crippen LogP contribution < -0.4 is 17.2 Å². The highest BCUT2D eigenvalue weighted by Crippen LogP contribution is 1.60. The third-order valence-corrected chi connectivity index (χ3v) is 0.815. The SMILES string of the molecule is CC=O.CCS.C[C@H](N)C=O.C[C@H](N)C=O.N[C@H](C=O)CO.O. The minimum absolute atomic E-state index is 0. The van der Waals surface area contributed by atoms with Crippen molar-refractivity contribution in [3.8, 4) is 0 Å². The molecule has 0 aliphatic heterocycles. The molecule has 10 heteroatoms. The van der Waals surface area contributed by atoms with E-state index in [-0.39, 0.29) is 24.2 Å². The summed E-state index contributed by atoms with van der Waals surface area (Å²) >= 11 is 3.79. The molecule has 0 radical (unpaired) electrons. The van der Waals surface area contributed by atoms with Gasteiger partial charge in [0.05, 0.1) is 24.7 Å². The number of aliphatic hydroxyl groups excluding tert-OH is 1. The number of aldehydes is 4. The molecule has 0 aromatic rings. The van der Waals surface area contributed by atoms with E-state index in [2.05, 4.69) is 12.6 Å². The monoisotopic (exact) mass is 359 g/mol. The van der Waals surface area contributed by atoms with Crippen molar-refractivity contribution in [1.29, 1.82) is 0 Å². The molecule has 23 heavy (non-hydrogen) atoms. The molecule has 0 amide bonds. The maximum atomic E-state index is 9.45. The number of aliphatic hydroxyl groups is 1. The summed E-state index contributed by atoms with van der Waals surface area (Å²) in [5.74, 6) is 0.944. The summed E-state index contributed by atoms with van der Waals surface area (Å²) in [6, 6.07) is -1.28. The Morgan fingerprint density at radius 2 is 1.13 bits per heavy atom. The Bertz CT molecular complexity index is 220. The Morgan fingerprint density at radius 1 is 0.957 bits per heavy atom. The van der Waals surface area contributed by atoms with E-state index in [0.717, 1.165) is 12.0 Å². The number of carbonyl (C=O) groups excluding carboxylic acids is 4. The van der Waals surface area contributed by atoms with Crippen LogP contribution in [0.25, 0.3) is 0 Å². The van der Waals surface area contributed by atoms with Gasteiger partial charge in [-0.3, -0.25) is 0 Å². The maximum Gasteiger partial charge on any atom is 0.139 e. The third kappa shape index (κ3) is 158. The summed E-state index contributed by atoms with van der Waals surface area (Å²) in [4.78, 5) is 37.0. The second-order valence-electron chi connectivity index (χ2n) is 3.52. The molecule has 0 heterocycles. The Balaban J connectivity index is -0.0000000399. The highest BCUT2D eigenvalue weighted by atomic mass is 32.1. The summed E-state index contributed by atoms with van der Waals surface area (Å²) in [7, 11) is 0. The number of rotatable bonds is 4. The van der Waals surface area contributed by atoms with Gasteiger partial charge in [0.2, 0.25) is 0 Å². The van der Waals surface area contributed by atoms with Crippen LogP contribution in [0, 0.1) is 0 Å². The van der Waals surface area contributed by atoms with Crippen molar-refractivity contribution in [1.82, 2.24) is 0 Å². The summed E-state index contributed by atoms with van der Waals surface area (Å²) < 4.78 is 0. The van der Waals surface area contributed by atoms with Gasteiger partial charge >= 0.3 is 0 Å². The fourth-order valence-electron chi connectivity index (χ4n) is 0.0430. The highest BCUT2D eigenvalue weighted by molar-refractivity contribution is 7.80. The van der Waals surface area contributed by atoms with Crippen LogP contribution in [-0.4, -0.2) is 66.2 Å². The zero-order chi connectivity index (χ0) is 19.0. The minimum Gasteiger partial charge on any atom is -0.412 e. The zero-order valence-electron chi connectivity index (χ0n) is 14.2. The smallest absolute Gasteiger partial charge is 0.139 e. The first-order valence-electron chi connectivity index (χ1n) is 6.42. The molecule has 0 saturated heterocycles. The van der Waals surface area contributed by atoms with E-state index in [4.69, 9.17) is 27.1 Å². The standard InChI is InChI=1S/C3H7NO2.2C3H7NO.C2H4O.C2H6S.H2O/c4-3(1-5)2-6;2*1-3(4)2-5;2*1-2-3;/h1,3,6H,2,4H2;2*2-3H,4H2,1H3;2H,1H3;3H,2H2,1H3;1H2/t3*3-;;;/m100.../s1. The number of hydrogen-bond acceptors (Lipinski definition) is 9. The molecule has 142 valence electrons. The van der Waals surface area contributed by atoms with Gasteiger partial charge in [-0.2, -0.15) is 12.6 Å². The predicted molar refractivity (Wildman–Crippen MR) is 95.4 cm³/mol. The van der Waals surface area contributed by atoms with E-state index in [9.17, 15) is 14.4 Å². The fourth-order valence-corrected chi connectivity index (χ4v) is 0.0430. The first-order chi connectivity index (χ1) is 10.2. The first-order valence-corrected chi connectivity index (χ1v) is 7.06. The summed E-state index contributed by atoms with van der Waals surface area (Å²) in [6.45, 7) is 6.44. The Kier molecular flexibility index (Phi) is 70.4. The van der Waals surface area contributed by atoms with Gasteiger partial charge in [0.15, 0.2) is 0 Å². The van der Waals surface area contributed by atoms with Gasteiger partial charge in [0.1, 0.15) is 25.1 Å². The normalized spacial score (nSPS) is 11.0. The van der Waals surface area contributed by atoms with E-state index >= 15 is 0 Å². The average molecular weight is 359 g/mol. The van der Waals surface area contributed by atoms with Crippen LogP contribution in [-0.2, 0) is 19.2 Å². The van der Waals surface area contributed by atoms with E-state index in [1.807, 2.05) is 6.92 Å². The van der Waals surface area contributed by atoms with Crippen molar-refractivity contribution in [2.75, 3.05) is 12.4 Å². The molecular formula is C13H33N3O6S. The van der Waals surface area contributed by atoms with Crippen molar-refractivity contribution in [3.05, 3.63) is 0 Å². The van der Waals surface area contributed by atoms with Crippen LogP contribution in [0.1, 0.15) is 27.7 Å². The molecule has 0 fully saturated rings. The zero-order valence-corrected chi connectivity index (χ0v) is 15.1. The van der Waals surface area contributed by atoms with Crippen molar-refractivity contribution in [2.24, 2.45) is 17.2 Å². The molecule has 0 aliphatic rings. The second-order valence-corrected chi connectivity index (χ2v) is 4.16. The topological polar surface area (TPSA) is 198 Å². The fraction of sp³-hybridized carbons (Fsp3) is 0.692. The molecular weight excluding hydrogens is 326 g/mol. The molecule has 0 saturated carbocycles. The van der Waals surface area contributed by atoms with Gasteiger partial charge in [0.25, 0.3) is 0 Å². The van der Waals surface area contributed by atoms with E-state index in [0.29, 0.717) is 18.9 Å². The van der Waals surface area contributed by atoms with E-state index in [1.54, 1.807) is 13.8 Å². The molecule has 9 N–H and O–H groups in total. The lowest BCUT2D eigenvalue weighted by atomic mass is 10.4. The lowest BCUT2D eigenvalue weighted by Crippen LogP contribution is -2.25. The van der Waals surface area contributed by atoms with Crippen LogP contribution in [0.5, 0.6) is 0 Å². The van der Waals surface area contributed by atoms with Crippen molar-refractivity contribution >= 4 is 37.8 Å². The number of carbonyl (C=O) groups is 4. The molecule has 0 aliphatic carbocycles. The highest BCUT2D eigenvalue weighted by Gasteiger charge is 1.90. The Morgan fingerprint density at radius 3 is 1.13 bits per heavy atom. The van der Waals surface area contributed by atoms with Crippen LogP contribution >= 0.6 is 12.6 Å². The Hall–Kier alpha value is -1.17. The molecule has 0 rings (SSSR count). The number of thiol groups is 1. The summed E-state index contributed by atoms with van der Waals surface area (Å²) in [5, 5.41) is 7.98. The molecule has 0 bridgehead atoms. The maximum absolute atomic E-state index is 9.45. The van der Waals surface area contributed by atoms with E-state index < -0.39 is 6.04 Å². The second kappa shape index (κ2) is 42.8.